The summed E-state index contributed by atoms with van der Waals surface area (Å²) in [4.78, 5) is 2.23. The molecule has 1 N–H and O–H groups in total. The van der Waals surface area contributed by atoms with E-state index in [-0.39, 0.29) is 17.3 Å². The minimum Gasteiger partial charge on any atom is -0.369 e. The van der Waals surface area contributed by atoms with Gasteiger partial charge in [0.25, 0.3) is 0 Å². The van der Waals surface area contributed by atoms with E-state index in [4.69, 9.17) is 0 Å². The molecule has 1 heterocycles. The van der Waals surface area contributed by atoms with Gasteiger partial charge in [-0.1, -0.05) is 32.9 Å². The van der Waals surface area contributed by atoms with Gasteiger partial charge >= 0.3 is 0 Å². The minimum atomic E-state index is -0.0980. The molecule has 1 aliphatic rings. The highest BCUT2D eigenvalue weighted by Crippen LogP contribution is 2.38. The second-order valence-corrected chi connectivity index (χ2v) is 6.99. The summed E-state index contributed by atoms with van der Waals surface area (Å²) in [5.74, 6) is 0.527. The van der Waals surface area contributed by atoms with Gasteiger partial charge in [-0.25, -0.2) is 4.39 Å². The molecule has 0 amide bonds. The van der Waals surface area contributed by atoms with Crippen molar-refractivity contribution in [2.24, 2.45) is 11.3 Å². The summed E-state index contributed by atoms with van der Waals surface area (Å²) in [5, 5.41) is 3.22. The molecule has 0 saturated carbocycles. The first-order valence-electron chi connectivity index (χ1n) is 7.55. The molecule has 0 spiro atoms. The zero-order chi connectivity index (χ0) is 14.9. The van der Waals surface area contributed by atoms with E-state index in [2.05, 4.69) is 37.9 Å². The molecule has 1 fully saturated rings. The van der Waals surface area contributed by atoms with E-state index < -0.39 is 0 Å². The summed E-state index contributed by atoms with van der Waals surface area (Å²) >= 11 is 0. The van der Waals surface area contributed by atoms with Crippen LogP contribution < -0.4 is 10.2 Å². The van der Waals surface area contributed by atoms with E-state index in [1.54, 1.807) is 12.1 Å². The Balaban J connectivity index is 2.30. The quantitative estimate of drug-likeness (QED) is 0.899. The molecular weight excluding hydrogens is 251 g/mol. The Bertz CT molecular complexity index is 465. The Hall–Kier alpha value is -1.09. The molecule has 0 aromatic heterocycles. The van der Waals surface area contributed by atoms with Crippen molar-refractivity contribution in [2.75, 3.05) is 25.0 Å². The van der Waals surface area contributed by atoms with E-state index in [1.165, 1.54) is 0 Å². The molecule has 2 atom stereocenters. The molecule has 1 saturated heterocycles. The maximum absolute atomic E-state index is 14.4. The van der Waals surface area contributed by atoms with Crippen molar-refractivity contribution in [1.29, 1.82) is 0 Å². The van der Waals surface area contributed by atoms with Crippen molar-refractivity contribution in [1.82, 2.24) is 5.32 Å². The molecule has 3 heteroatoms. The SMILES string of the molecule is CNC(C)c1cccc(F)c1N1CCC(C(C)(C)C)C1. The summed E-state index contributed by atoms with van der Waals surface area (Å²) < 4.78 is 14.4. The zero-order valence-electron chi connectivity index (χ0n) is 13.3. The van der Waals surface area contributed by atoms with Gasteiger partial charge in [0.15, 0.2) is 0 Å². The predicted octanol–water partition coefficient (Wildman–Crippen LogP) is 3.98. The van der Waals surface area contributed by atoms with Gasteiger partial charge in [-0.3, -0.25) is 0 Å². The largest absolute Gasteiger partial charge is 0.369 e. The van der Waals surface area contributed by atoms with Gasteiger partial charge in [0.2, 0.25) is 0 Å². The second kappa shape index (κ2) is 5.72. The van der Waals surface area contributed by atoms with Gasteiger partial charge in [0.1, 0.15) is 5.82 Å². The number of nitrogens with zero attached hydrogens (tertiary/aromatic N) is 1. The first-order chi connectivity index (χ1) is 9.34. The maximum Gasteiger partial charge on any atom is 0.146 e. The fourth-order valence-corrected chi connectivity index (χ4v) is 3.04. The van der Waals surface area contributed by atoms with Gasteiger partial charge in [0.05, 0.1) is 5.69 Å². The summed E-state index contributed by atoms with van der Waals surface area (Å²) in [5.41, 5.74) is 2.14. The van der Waals surface area contributed by atoms with Crippen LogP contribution in [0.15, 0.2) is 18.2 Å². The minimum absolute atomic E-state index is 0.0980. The number of rotatable bonds is 3. The number of hydrogen-bond acceptors (Lipinski definition) is 2. The van der Waals surface area contributed by atoms with Crippen LogP contribution in [0.1, 0.15) is 45.7 Å². The Kier molecular flexibility index (Phi) is 4.38. The first-order valence-corrected chi connectivity index (χ1v) is 7.55. The average Bonchev–Trinajstić information content (AvgIpc) is 2.86. The Morgan fingerprint density at radius 3 is 2.60 bits per heavy atom. The third-order valence-electron chi connectivity index (χ3n) is 4.65. The molecule has 2 nitrogen and oxygen atoms in total. The van der Waals surface area contributed by atoms with Crippen LogP contribution in [0.25, 0.3) is 0 Å². The molecule has 2 unspecified atom stereocenters. The van der Waals surface area contributed by atoms with E-state index in [1.807, 2.05) is 13.1 Å². The van der Waals surface area contributed by atoms with Gasteiger partial charge in [-0.05, 0) is 43.4 Å². The van der Waals surface area contributed by atoms with Crippen LogP contribution in [0, 0.1) is 17.2 Å². The highest BCUT2D eigenvalue weighted by Gasteiger charge is 2.33. The van der Waals surface area contributed by atoms with Crippen LogP contribution in [-0.2, 0) is 0 Å². The standard InChI is InChI=1S/C17H27FN2/c1-12(19-5)14-7-6-8-15(18)16(14)20-10-9-13(11-20)17(2,3)4/h6-8,12-13,19H,9-11H2,1-5H3. The lowest BCUT2D eigenvalue weighted by Gasteiger charge is -2.29. The fourth-order valence-electron chi connectivity index (χ4n) is 3.04. The molecule has 112 valence electrons. The molecule has 2 rings (SSSR count). The highest BCUT2D eigenvalue weighted by molar-refractivity contribution is 5.57. The molecule has 1 aromatic rings. The highest BCUT2D eigenvalue weighted by atomic mass is 19.1. The van der Waals surface area contributed by atoms with E-state index in [0.29, 0.717) is 5.92 Å². The zero-order valence-corrected chi connectivity index (χ0v) is 13.3. The Labute approximate surface area is 122 Å². The molecule has 20 heavy (non-hydrogen) atoms. The van der Waals surface area contributed by atoms with Crippen LogP contribution in [-0.4, -0.2) is 20.1 Å². The third-order valence-corrected chi connectivity index (χ3v) is 4.65. The van der Waals surface area contributed by atoms with Crippen molar-refractivity contribution in [3.63, 3.8) is 0 Å². The van der Waals surface area contributed by atoms with Crippen molar-refractivity contribution >= 4 is 5.69 Å². The number of hydrogen-bond donors (Lipinski definition) is 1. The summed E-state index contributed by atoms with van der Waals surface area (Å²) in [6.07, 6.45) is 1.14. The van der Waals surface area contributed by atoms with Crippen LogP contribution in [0.3, 0.4) is 0 Å². The maximum atomic E-state index is 14.4. The van der Waals surface area contributed by atoms with Gasteiger partial charge in [-0.2, -0.15) is 0 Å². The molecular formula is C17H27FN2. The lowest BCUT2D eigenvalue weighted by atomic mass is 9.80. The van der Waals surface area contributed by atoms with E-state index >= 15 is 0 Å². The van der Waals surface area contributed by atoms with E-state index in [9.17, 15) is 4.39 Å². The first kappa shape index (κ1) is 15.3. The van der Waals surface area contributed by atoms with Crippen molar-refractivity contribution in [3.8, 4) is 0 Å². The molecule has 0 bridgehead atoms. The Morgan fingerprint density at radius 2 is 2.05 bits per heavy atom. The molecule has 0 aliphatic carbocycles. The summed E-state index contributed by atoms with van der Waals surface area (Å²) in [6, 6.07) is 5.57. The second-order valence-electron chi connectivity index (χ2n) is 6.99. The van der Waals surface area contributed by atoms with Crippen molar-refractivity contribution in [3.05, 3.63) is 29.6 Å². The number of nitrogens with one attached hydrogen (secondary N) is 1. The third kappa shape index (κ3) is 2.98. The molecule has 1 aromatic carbocycles. The van der Waals surface area contributed by atoms with Gasteiger partial charge < -0.3 is 10.2 Å². The number of benzene rings is 1. The summed E-state index contributed by atoms with van der Waals surface area (Å²) in [7, 11) is 1.92. The van der Waals surface area contributed by atoms with Crippen LogP contribution >= 0.6 is 0 Å². The monoisotopic (exact) mass is 278 g/mol. The van der Waals surface area contributed by atoms with Crippen molar-refractivity contribution in [2.45, 2.75) is 40.2 Å². The lowest BCUT2D eigenvalue weighted by Crippen LogP contribution is -2.28. The molecule has 1 aliphatic heterocycles. The van der Waals surface area contributed by atoms with Crippen LogP contribution in [0.5, 0.6) is 0 Å². The average molecular weight is 278 g/mol. The van der Waals surface area contributed by atoms with Crippen LogP contribution in [0.4, 0.5) is 10.1 Å². The number of anilines is 1. The smallest absolute Gasteiger partial charge is 0.146 e. The lowest BCUT2D eigenvalue weighted by molar-refractivity contribution is 0.263. The van der Waals surface area contributed by atoms with Gasteiger partial charge in [0, 0.05) is 19.1 Å². The molecule has 0 radical (unpaired) electrons. The topological polar surface area (TPSA) is 15.3 Å². The van der Waals surface area contributed by atoms with Crippen molar-refractivity contribution < 1.29 is 4.39 Å². The van der Waals surface area contributed by atoms with E-state index in [0.717, 1.165) is 30.8 Å². The number of halogens is 1. The van der Waals surface area contributed by atoms with Crippen LogP contribution in [0.2, 0.25) is 0 Å². The predicted molar refractivity (Wildman–Crippen MR) is 83.6 cm³/mol. The Morgan fingerprint density at radius 1 is 1.35 bits per heavy atom. The fraction of sp³-hybridized carbons (Fsp3) is 0.647. The normalized spacial score (nSPS) is 21.3. The summed E-state index contributed by atoms with van der Waals surface area (Å²) in [6.45, 7) is 10.8. The van der Waals surface area contributed by atoms with Gasteiger partial charge in [-0.15, -0.1) is 0 Å². The number of para-hydroxylation sites is 1.